The zero-order chi connectivity index (χ0) is 26.6. The second kappa shape index (κ2) is 10.9. The lowest BCUT2D eigenvalue weighted by Gasteiger charge is -2.30. The van der Waals surface area contributed by atoms with Crippen molar-refractivity contribution in [3.63, 3.8) is 0 Å². The summed E-state index contributed by atoms with van der Waals surface area (Å²) in [4.78, 5) is 26.6. The molecule has 0 saturated carbocycles. The molecule has 0 saturated heterocycles. The Kier molecular flexibility index (Phi) is 7.64. The number of hydrogen-bond donors (Lipinski definition) is 1. The summed E-state index contributed by atoms with van der Waals surface area (Å²) < 4.78 is 16.9. The lowest BCUT2D eigenvalue weighted by Crippen LogP contribution is -2.39. The van der Waals surface area contributed by atoms with E-state index in [1.54, 1.807) is 14.2 Å². The highest BCUT2D eigenvalue weighted by molar-refractivity contribution is 5.74. The van der Waals surface area contributed by atoms with Crippen LogP contribution in [0.5, 0.6) is 11.5 Å². The van der Waals surface area contributed by atoms with E-state index in [-0.39, 0.29) is 17.5 Å². The van der Waals surface area contributed by atoms with Gasteiger partial charge in [-0.05, 0) is 68.8 Å². The third-order valence-electron chi connectivity index (χ3n) is 5.89. The molecule has 4 aromatic rings. The van der Waals surface area contributed by atoms with Gasteiger partial charge in [0.15, 0.2) is 5.75 Å². The maximum Gasteiger partial charge on any atom is 0.272 e. The largest absolute Gasteiger partial charge is 0.497 e. The van der Waals surface area contributed by atoms with Crippen LogP contribution in [0.15, 0.2) is 88.5 Å². The molecule has 37 heavy (non-hydrogen) atoms. The molecule has 0 aliphatic carbocycles. The molecule has 4 aromatic carbocycles. The Balaban J connectivity index is 1.68. The van der Waals surface area contributed by atoms with Gasteiger partial charge in [-0.25, -0.2) is 0 Å². The summed E-state index contributed by atoms with van der Waals surface area (Å²) in [5.41, 5.74) is 1.93. The van der Waals surface area contributed by atoms with Crippen LogP contribution in [-0.4, -0.2) is 26.4 Å². The first-order valence-corrected chi connectivity index (χ1v) is 12.1. The number of methoxy groups -OCH3 is 2. The summed E-state index contributed by atoms with van der Waals surface area (Å²) in [7, 11) is 3.33. The van der Waals surface area contributed by atoms with Crippen LogP contribution in [0.4, 0.5) is 22.7 Å². The van der Waals surface area contributed by atoms with Crippen LogP contribution >= 0.6 is 0 Å². The molecular formula is C30H32N2O5. The Bertz CT molecular complexity index is 1400. The molecule has 0 bridgehead atoms. The number of hydrogen-bond acceptors (Lipinski definition) is 7. The number of rotatable bonds is 10. The zero-order valence-electron chi connectivity index (χ0n) is 21.8. The van der Waals surface area contributed by atoms with Crippen molar-refractivity contribution in [1.29, 1.82) is 0 Å². The minimum Gasteiger partial charge on any atom is -0.497 e. The second-order valence-corrected chi connectivity index (χ2v) is 9.70. The smallest absolute Gasteiger partial charge is 0.272 e. The van der Waals surface area contributed by atoms with Gasteiger partial charge in [-0.2, -0.15) is 0 Å². The Morgan fingerprint density at radius 2 is 1.54 bits per heavy atom. The quantitative estimate of drug-likeness (QED) is 0.278. The molecule has 7 heteroatoms. The van der Waals surface area contributed by atoms with Crippen molar-refractivity contribution in [2.24, 2.45) is 0 Å². The molecule has 0 unspecified atom stereocenters. The van der Waals surface area contributed by atoms with Crippen LogP contribution in [0.2, 0.25) is 0 Å². The van der Waals surface area contributed by atoms with Gasteiger partial charge >= 0.3 is 0 Å². The van der Waals surface area contributed by atoms with Crippen molar-refractivity contribution in [3.8, 4) is 11.5 Å². The molecule has 0 heterocycles. The van der Waals surface area contributed by atoms with Crippen molar-refractivity contribution in [2.45, 2.75) is 32.5 Å². The average molecular weight is 501 g/mol. The molecule has 4 rings (SSSR count). The molecule has 0 aliphatic heterocycles. The van der Waals surface area contributed by atoms with Crippen molar-refractivity contribution >= 4 is 22.7 Å². The first-order chi connectivity index (χ1) is 17.7. The van der Waals surface area contributed by atoms with Gasteiger partial charge in [-0.1, -0.05) is 36.4 Å². The lowest BCUT2D eigenvalue weighted by atomic mass is 10.1. The van der Waals surface area contributed by atoms with Crippen LogP contribution < -0.4 is 30.5 Å². The molecule has 192 valence electrons. The Morgan fingerprint density at radius 1 is 0.838 bits per heavy atom. The zero-order valence-corrected chi connectivity index (χ0v) is 21.8. The van der Waals surface area contributed by atoms with Gasteiger partial charge in [0.1, 0.15) is 17.0 Å². The van der Waals surface area contributed by atoms with E-state index < -0.39 is 16.5 Å². The van der Waals surface area contributed by atoms with Crippen molar-refractivity contribution in [3.05, 3.63) is 105 Å². The van der Waals surface area contributed by atoms with Gasteiger partial charge in [0.2, 0.25) is 0 Å². The van der Waals surface area contributed by atoms with E-state index in [0.717, 1.165) is 22.7 Å². The fourth-order valence-corrected chi connectivity index (χ4v) is 4.06. The van der Waals surface area contributed by atoms with Crippen molar-refractivity contribution < 1.29 is 14.2 Å². The molecule has 1 atom stereocenters. The van der Waals surface area contributed by atoms with Crippen molar-refractivity contribution in [1.82, 2.24) is 0 Å². The van der Waals surface area contributed by atoms with Gasteiger partial charge in [0, 0.05) is 24.2 Å². The monoisotopic (exact) mass is 500 g/mol. The Morgan fingerprint density at radius 3 is 2.16 bits per heavy atom. The van der Waals surface area contributed by atoms with E-state index in [1.807, 2.05) is 99.6 Å². The summed E-state index contributed by atoms with van der Waals surface area (Å²) in [5, 5.41) is 3.10. The molecule has 7 nitrogen and oxygen atoms in total. The molecule has 0 aliphatic rings. The van der Waals surface area contributed by atoms with Gasteiger partial charge < -0.3 is 24.4 Å². The van der Waals surface area contributed by atoms with E-state index in [1.165, 1.54) is 0 Å². The standard InChI is InChI=1S/C30H32N2O5/c1-30(2,3)37-29-26(27(33)28(29)34)31-21-12-9-13-23(18-21)32(22-14-16-24(35-4)17-15-22)19-25(36-5)20-10-7-6-8-11-20/h6-18,25,31H,19H2,1-5H3/t25-/m0/s1. The Hall–Kier alpha value is -4.10. The Labute approximate surface area is 216 Å². The van der Waals surface area contributed by atoms with Gasteiger partial charge in [-0.3, -0.25) is 9.59 Å². The molecule has 0 spiro atoms. The predicted octanol–water partition coefficient (Wildman–Crippen LogP) is 5.74. The summed E-state index contributed by atoms with van der Waals surface area (Å²) >= 11 is 0. The van der Waals surface area contributed by atoms with E-state index in [2.05, 4.69) is 10.2 Å². The van der Waals surface area contributed by atoms with Crippen LogP contribution in [0.25, 0.3) is 0 Å². The summed E-state index contributed by atoms with van der Waals surface area (Å²) in [6, 6.07) is 25.5. The minimum absolute atomic E-state index is 0.0680. The average Bonchev–Trinajstić information content (AvgIpc) is 2.91. The van der Waals surface area contributed by atoms with Crippen LogP contribution in [-0.2, 0) is 4.74 Å². The van der Waals surface area contributed by atoms with Crippen LogP contribution in [0.1, 0.15) is 32.4 Å². The predicted molar refractivity (Wildman–Crippen MR) is 148 cm³/mol. The molecule has 0 fully saturated rings. The first-order valence-electron chi connectivity index (χ1n) is 12.1. The van der Waals surface area contributed by atoms with Gasteiger partial charge in [-0.15, -0.1) is 0 Å². The third kappa shape index (κ3) is 6.01. The highest BCUT2D eigenvalue weighted by atomic mass is 16.5. The SMILES string of the molecule is COc1ccc(N(C[C@H](OC)c2ccccc2)c2cccc(Nc3c(OC(C)(C)C)c(=O)c3=O)c2)cc1. The number of ether oxygens (including phenoxy) is 3. The molecule has 0 amide bonds. The molecule has 1 N–H and O–H groups in total. The van der Waals surface area contributed by atoms with Crippen LogP contribution in [0, 0.1) is 0 Å². The number of anilines is 4. The fraction of sp³-hybridized carbons (Fsp3) is 0.267. The number of nitrogens with one attached hydrogen (secondary N) is 1. The second-order valence-electron chi connectivity index (χ2n) is 9.70. The molecule has 0 aromatic heterocycles. The van der Waals surface area contributed by atoms with Crippen molar-refractivity contribution in [2.75, 3.05) is 31.0 Å². The number of benzene rings is 3. The summed E-state index contributed by atoms with van der Waals surface area (Å²) in [5.74, 6) is 0.829. The topological polar surface area (TPSA) is 77.1 Å². The number of nitrogens with zero attached hydrogens (tertiary/aromatic N) is 1. The van der Waals surface area contributed by atoms with E-state index >= 15 is 0 Å². The fourth-order valence-electron chi connectivity index (χ4n) is 4.06. The first kappa shape index (κ1) is 26.0. The van der Waals surface area contributed by atoms with E-state index in [0.29, 0.717) is 12.2 Å². The molecular weight excluding hydrogens is 468 g/mol. The maximum absolute atomic E-state index is 12.3. The van der Waals surface area contributed by atoms with E-state index in [4.69, 9.17) is 14.2 Å². The third-order valence-corrected chi connectivity index (χ3v) is 5.89. The van der Waals surface area contributed by atoms with Gasteiger partial charge in [0.05, 0.1) is 19.8 Å². The summed E-state index contributed by atoms with van der Waals surface area (Å²) in [6.07, 6.45) is -0.194. The van der Waals surface area contributed by atoms with Gasteiger partial charge in [0.25, 0.3) is 10.9 Å². The van der Waals surface area contributed by atoms with Crippen LogP contribution in [0.3, 0.4) is 0 Å². The maximum atomic E-state index is 12.3. The normalized spacial score (nSPS) is 12.2. The minimum atomic E-state index is -0.612. The highest BCUT2D eigenvalue weighted by Crippen LogP contribution is 2.34. The lowest BCUT2D eigenvalue weighted by molar-refractivity contribution is 0.110. The van der Waals surface area contributed by atoms with E-state index in [9.17, 15) is 9.59 Å². The summed E-state index contributed by atoms with van der Waals surface area (Å²) in [6.45, 7) is 6.04. The highest BCUT2D eigenvalue weighted by Gasteiger charge is 2.27. The molecule has 0 radical (unpaired) electrons.